The number of aliphatic hydroxyl groups excluding tert-OH is 1. The minimum Gasteiger partial charge on any atom is -0.469 e. The van der Waals surface area contributed by atoms with Crippen LogP contribution in [0.3, 0.4) is 0 Å². The van der Waals surface area contributed by atoms with E-state index in [-0.39, 0.29) is 11.9 Å². The summed E-state index contributed by atoms with van der Waals surface area (Å²) >= 11 is 3.33. The van der Waals surface area contributed by atoms with Crippen molar-refractivity contribution in [3.63, 3.8) is 0 Å². The number of ether oxygens (including phenoxy) is 1. The van der Waals surface area contributed by atoms with Crippen LogP contribution in [0.5, 0.6) is 0 Å². The van der Waals surface area contributed by atoms with E-state index in [1.54, 1.807) is 12.1 Å². The zero-order chi connectivity index (χ0) is 13.0. The van der Waals surface area contributed by atoms with Gasteiger partial charge in [0.2, 0.25) is 0 Å². The van der Waals surface area contributed by atoms with Crippen molar-refractivity contribution in [1.82, 2.24) is 0 Å². The maximum absolute atomic E-state index is 11.6. The number of carbonyl (C=O) groups excluding carboxylic acids is 1. The molecule has 0 radical (unpaired) electrons. The molecular formula is C13H17BrO3. The van der Waals surface area contributed by atoms with E-state index in [4.69, 9.17) is 4.74 Å². The van der Waals surface area contributed by atoms with Gasteiger partial charge in [0.15, 0.2) is 0 Å². The summed E-state index contributed by atoms with van der Waals surface area (Å²) in [6, 6.07) is 7.28. The largest absolute Gasteiger partial charge is 0.469 e. The first kappa shape index (κ1) is 14.2. The van der Waals surface area contributed by atoms with Gasteiger partial charge in [0, 0.05) is 4.47 Å². The Hall–Kier alpha value is -0.870. The SMILES string of the molecule is COC(=O)C(C(C)C)C(O)c1ccc(Br)cc1. The van der Waals surface area contributed by atoms with Crippen molar-refractivity contribution in [3.8, 4) is 0 Å². The molecule has 0 saturated carbocycles. The van der Waals surface area contributed by atoms with Crippen molar-refractivity contribution in [1.29, 1.82) is 0 Å². The average molecular weight is 301 g/mol. The molecular weight excluding hydrogens is 284 g/mol. The van der Waals surface area contributed by atoms with Gasteiger partial charge in [0.1, 0.15) is 0 Å². The van der Waals surface area contributed by atoms with Crippen molar-refractivity contribution >= 4 is 21.9 Å². The fourth-order valence-corrected chi connectivity index (χ4v) is 2.03. The molecule has 17 heavy (non-hydrogen) atoms. The molecule has 0 bridgehead atoms. The number of methoxy groups -OCH3 is 1. The lowest BCUT2D eigenvalue weighted by Crippen LogP contribution is -2.28. The smallest absolute Gasteiger partial charge is 0.311 e. The topological polar surface area (TPSA) is 46.5 Å². The van der Waals surface area contributed by atoms with E-state index < -0.39 is 12.0 Å². The first-order chi connectivity index (χ1) is 7.97. The van der Waals surface area contributed by atoms with E-state index in [9.17, 15) is 9.90 Å². The van der Waals surface area contributed by atoms with Gasteiger partial charge in [-0.1, -0.05) is 41.9 Å². The summed E-state index contributed by atoms with van der Waals surface area (Å²) in [6.07, 6.45) is -0.837. The Labute approximate surface area is 110 Å². The molecule has 2 unspecified atom stereocenters. The highest BCUT2D eigenvalue weighted by Crippen LogP contribution is 2.29. The number of esters is 1. The van der Waals surface area contributed by atoms with Gasteiger partial charge in [-0.3, -0.25) is 4.79 Å². The third-order valence-corrected chi connectivity index (χ3v) is 3.27. The number of hydrogen-bond donors (Lipinski definition) is 1. The summed E-state index contributed by atoms with van der Waals surface area (Å²) in [6.45, 7) is 3.79. The van der Waals surface area contributed by atoms with Crippen molar-refractivity contribution in [2.45, 2.75) is 20.0 Å². The van der Waals surface area contributed by atoms with E-state index in [0.717, 1.165) is 10.0 Å². The van der Waals surface area contributed by atoms with E-state index in [1.807, 2.05) is 26.0 Å². The van der Waals surface area contributed by atoms with Crippen LogP contribution in [0.25, 0.3) is 0 Å². The van der Waals surface area contributed by atoms with Gasteiger partial charge in [-0.25, -0.2) is 0 Å². The van der Waals surface area contributed by atoms with Crippen molar-refractivity contribution in [2.75, 3.05) is 7.11 Å². The summed E-state index contributed by atoms with van der Waals surface area (Å²) in [7, 11) is 1.34. The highest BCUT2D eigenvalue weighted by molar-refractivity contribution is 9.10. The highest BCUT2D eigenvalue weighted by atomic mass is 79.9. The van der Waals surface area contributed by atoms with Gasteiger partial charge in [-0.15, -0.1) is 0 Å². The summed E-state index contributed by atoms with van der Waals surface area (Å²) < 4.78 is 5.67. The molecule has 0 aromatic heterocycles. The van der Waals surface area contributed by atoms with Gasteiger partial charge >= 0.3 is 5.97 Å². The summed E-state index contributed by atoms with van der Waals surface area (Å²) in [5, 5.41) is 10.2. The minimum atomic E-state index is -0.837. The van der Waals surface area contributed by atoms with Crippen LogP contribution in [0.4, 0.5) is 0 Å². The third-order valence-electron chi connectivity index (χ3n) is 2.74. The standard InChI is InChI=1S/C13H17BrO3/c1-8(2)11(13(16)17-3)12(15)9-4-6-10(14)7-5-9/h4-8,11-12,15H,1-3H3. The maximum atomic E-state index is 11.6. The van der Waals surface area contributed by atoms with Crippen LogP contribution in [0.15, 0.2) is 28.7 Å². The molecule has 1 aromatic carbocycles. The first-order valence-corrected chi connectivity index (χ1v) is 6.28. The van der Waals surface area contributed by atoms with Gasteiger partial charge in [0.05, 0.1) is 19.1 Å². The molecule has 2 atom stereocenters. The summed E-state index contributed by atoms with van der Waals surface area (Å²) in [5.41, 5.74) is 0.720. The Bertz CT molecular complexity index is 373. The van der Waals surface area contributed by atoms with Crippen LogP contribution in [0, 0.1) is 11.8 Å². The van der Waals surface area contributed by atoms with Crippen LogP contribution in [-0.4, -0.2) is 18.2 Å². The van der Waals surface area contributed by atoms with Gasteiger partial charge in [-0.05, 0) is 23.6 Å². The van der Waals surface area contributed by atoms with Crippen LogP contribution >= 0.6 is 15.9 Å². The highest BCUT2D eigenvalue weighted by Gasteiger charge is 2.31. The van der Waals surface area contributed by atoms with Gasteiger partial charge in [-0.2, -0.15) is 0 Å². The van der Waals surface area contributed by atoms with Crippen molar-refractivity contribution < 1.29 is 14.6 Å². The second-order valence-electron chi connectivity index (χ2n) is 4.29. The fraction of sp³-hybridized carbons (Fsp3) is 0.462. The number of benzene rings is 1. The number of carbonyl (C=O) groups is 1. The first-order valence-electron chi connectivity index (χ1n) is 5.48. The lowest BCUT2D eigenvalue weighted by molar-refractivity contribution is -0.152. The molecule has 0 aliphatic heterocycles. The minimum absolute atomic E-state index is 0.0149. The van der Waals surface area contributed by atoms with E-state index in [2.05, 4.69) is 15.9 Å². The molecule has 0 saturated heterocycles. The molecule has 4 heteroatoms. The molecule has 0 spiro atoms. The molecule has 1 N–H and O–H groups in total. The van der Waals surface area contributed by atoms with Crippen LogP contribution in [0.1, 0.15) is 25.5 Å². The van der Waals surface area contributed by atoms with Gasteiger partial charge in [0.25, 0.3) is 0 Å². The average Bonchev–Trinajstić information content (AvgIpc) is 2.29. The molecule has 1 rings (SSSR count). The van der Waals surface area contributed by atoms with Crippen molar-refractivity contribution in [2.24, 2.45) is 11.8 Å². The van der Waals surface area contributed by atoms with E-state index in [0.29, 0.717) is 0 Å². The Morgan fingerprint density at radius 3 is 2.24 bits per heavy atom. The molecule has 1 aromatic rings. The Morgan fingerprint density at radius 2 is 1.82 bits per heavy atom. The molecule has 0 amide bonds. The number of hydrogen-bond acceptors (Lipinski definition) is 3. The summed E-state index contributed by atoms with van der Waals surface area (Å²) in [5.74, 6) is -0.905. The number of aliphatic hydroxyl groups is 1. The molecule has 3 nitrogen and oxygen atoms in total. The molecule has 0 aliphatic rings. The van der Waals surface area contributed by atoms with Crippen LogP contribution in [0.2, 0.25) is 0 Å². The van der Waals surface area contributed by atoms with E-state index >= 15 is 0 Å². The van der Waals surface area contributed by atoms with E-state index in [1.165, 1.54) is 7.11 Å². The fourth-order valence-electron chi connectivity index (χ4n) is 1.77. The second-order valence-corrected chi connectivity index (χ2v) is 5.21. The predicted octanol–water partition coefficient (Wildman–Crippen LogP) is 2.93. The lowest BCUT2D eigenvalue weighted by atomic mass is 9.86. The monoisotopic (exact) mass is 300 g/mol. The Kier molecular flexibility index (Phi) is 5.15. The van der Waals surface area contributed by atoms with Crippen LogP contribution in [-0.2, 0) is 9.53 Å². The zero-order valence-electron chi connectivity index (χ0n) is 10.2. The predicted molar refractivity (Wildman–Crippen MR) is 69.4 cm³/mol. The zero-order valence-corrected chi connectivity index (χ0v) is 11.8. The molecule has 0 fully saturated rings. The maximum Gasteiger partial charge on any atom is 0.311 e. The third kappa shape index (κ3) is 3.54. The number of halogens is 1. The lowest BCUT2D eigenvalue weighted by Gasteiger charge is -2.24. The normalized spacial score (nSPS) is 14.5. The Balaban J connectivity index is 2.95. The quantitative estimate of drug-likeness (QED) is 0.870. The molecule has 0 aliphatic carbocycles. The number of rotatable bonds is 4. The van der Waals surface area contributed by atoms with Crippen molar-refractivity contribution in [3.05, 3.63) is 34.3 Å². The second kappa shape index (κ2) is 6.17. The van der Waals surface area contributed by atoms with Gasteiger partial charge < -0.3 is 9.84 Å². The molecule has 94 valence electrons. The van der Waals surface area contributed by atoms with Crippen LogP contribution < -0.4 is 0 Å². The molecule has 0 heterocycles. The Morgan fingerprint density at radius 1 is 1.29 bits per heavy atom. The summed E-state index contributed by atoms with van der Waals surface area (Å²) in [4.78, 5) is 11.6.